The first-order chi connectivity index (χ1) is 12.8. The fourth-order valence-electron chi connectivity index (χ4n) is 3.30. The molecule has 5 nitrogen and oxygen atoms in total. The van der Waals surface area contributed by atoms with E-state index in [1.165, 1.54) is 0 Å². The van der Waals surface area contributed by atoms with Crippen LogP contribution in [0.5, 0.6) is 0 Å². The van der Waals surface area contributed by atoms with E-state index < -0.39 is 0 Å². The normalized spacial score (nSPS) is 11.2. The summed E-state index contributed by atoms with van der Waals surface area (Å²) < 4.78 is 1.72. The summed E-state index contributed by atoms with van der Waals surface area (Å²) in [5, 5.41) is 10.7. The Morgan fingerprint density at radius 1 is 0.692 bits per heavy atom. The fraction of sp³-hybridized carbons (Fsp3) is 0. The predicted molar refractivity (Wildman–Crippen MR) is 104 cm³/mol. The third-order valence-electron chi connectivity index (χ3n) is 4.52. The van der Waals surface area contributed by atoms with Crippen LogP contribution in [0.1, 0.15) is 0 Å². The average Bonchev–Trinajstić information content (AvgIpc) is 3.08. The topological polar surface area (TPSA) is 69.6 Å². The summed E-state index contributed by atoms with van der Waals surface area (Å²) in [5.74, 6) is 0.512. The maximum absolute atomic E-state index is 6.47. The van der Waals surface area contributed by atoms with Crippen molar-refractivity contribution in [3.05, 3.63) is 78.9 Å². The minimum Gasteiger partial charge on any atom is -0.382 e. The highest BCUT2D eigenvalue weighted by Gasteiger charge is 2.17. The SMILES string of the molecule is Nc1c(-c2ccccc2)nnn1-c1c2ccccc2nc2ccccc12. The molecule has 0 aliphatic rings. The van der Waals surface area contributed by atoms with Gasteiger partial charge in [0.25, 0.3) is 0 Å². The van der Waals surface area contributed by atoms with Gasteiger partial charge in [-0.1, -0.05) is 71.9 Å². The lowest BCUT2D eigenvalue weighted by Gasteiger charge is -2.11. The zero-order chi connectivity index (χ0) is 17.5. The standard InChI is InChI=1S/C21H15N5/c22-21-19(14-8-2-1-3-9-14)24-25-26(21)20-15-10-4-6-12-17(15)23-18-13-7-5-11-16(18)20/h1-13H,22H2. The molecule has 0 atom stereocenters. The van der Waals surface area contributed by atoms with Gasteiger partial charge >= 0.3 is 0 Å². The van der Waals surface area contributed by atoms with Gasteiger partial charge < -0.3 is 5.73 Å². The summed E-state index contributed by atoms with van der Waals surface area (Å²) in [7, 11) is 0. The minimum absolute atomic E-state index is 0.512. The molecule has 26 heavy (non-hydrogen) atoms. The molecular formula is C21H15N5. The maximum Gasteiger partial charge on any atom is 0.155 e. The van der Waals surface area contributed by atoms with Crippen LogP contribution >= 0.6 is 0 Å². The Bertz CT molecular complexity index is 1190. The zero-order valence-electron chi connectivity index (χ0n) is 13.9. The number of hydrogen-bond donors (Lipinski definition) is 1. The number of fused-ring (bicyclic) bond motifs is 2. The molecule has 124 valence electrons. The first kappa shape index (κ1) is 14.6. The lowest BCUT2D eigenvalue weighted by atomic mass is 10.1. The van der Waals surface area contributed by atoms with Gasteiger partial charge in [-0.15, -0.1) is 5.10 Å². The van der Waals surface area contributed by atoms with E-state index in [1.807, 2.05) is 78.9 Å². The lowest BCUT2D eigenvalue weighted by molar-refractivity contribution is 0.819. The molecule has 0 saturated heterocycles. The second kappa shape index (κ2) is 5.67. The number of rotatable bonds is 2. The molecule has 5 heteroatoms. The summed E-state index contributed by atoms with van der Waals surface area (Å²) >= 11 is 0. The second-order valence-electron chi connectivity index (χ2n) is 6.10. The van der Waals surface area contributed by atoms with E-state index >= 15 is 0 Å². The van der Waals surface area contributed by atoms with Crippen LogP contribution in [-0.2, 0) is 0 Å². The number of anilines is 1. The van der Waals surface area contributed by atoms with E-state index in [2.05, 4.69) is 10.3 Å². The van der Waals surface area contributed by atoms with Gasteiger partial charge in [-0.2, -0.15) is 4.68 Å². The van der Waals surface area contributed by atoms with Crippen LogP contribution in [-0.4, -0.2) is 20.0 Å². The van der Waals surface area contributed by atoms with Crippen molar-refractivity contribution in [2.45, 2.75) is 0 Å². The molecule has 0 radical (unpaired) electrons. The third-order valence-corrected chi connectivity index (χ3v) is 4.52. The quantitative estimate of drug-likeness (QED) is 0.490. The largest absolute Gasteiger partial charge is 0.382 e. The molecule has 0 fully saturated rings. The summed E-state index contributed by atoms with van der Waals surface area (Å²) in [5.41, 5.74) is 10.8. The molecule has 0 unspecified atom stereocenters. The molecule has 5 rings (SSSR count). The molecule has 0 spiro atoms. The Labute approximate surface area is 149 Å². The molecule has 0 amide bonds. The van der Waals surface area contributed by atoms with Gasteiger partial charge in [-0.05, 0) is 12.1 Å². The van der Waals surface area contributed by atoms with Gasteiger partial charge in [0.05, 0.1) is 16.7 Å². The first-order valence-electron chi connectivity index (χ1n) is 8.37. The fourth-order valence-corrected chi connectivity index (χ4v) is 3.30. The molecule has 5 aromatic rings. The van der Waals surface area contributed by atoms with Crippen LogP contribution in [0, 0.1) is 0 Å². The van der Waals surface area contributed by atoms with Crippen molar-refractivity contribution in [2.24, 2.45) is 0 Å². The van der Waals surface area contributed by atoms with Crippen molar-refractivity contribution in [1.82, 2.24) is 20.0 Å². The second-order valence-corrected chi connectivity index (χ2v) is 6.10. The number of nitrogen functional groups attached to an aromatic ring is 1. The summed E-state index contributed by atoms with van der Waals surface area (Å²) in [6.45, 7) is 0. The Hall–Kier alpha value is -3.73. The van der Waals surface area contributed by atoms with Gasteiger partial charge in [0.15, 0.2) is 5.82 Å². The van der Waals surface area contributed by atoms with Crippen molar-refractivity contribution < 1.29 is 0 Å². The molecule has 2 N–H and O–H groups in total. The Balaban J connectivity index is 1.86. The van der Waals surface area contributed by atoms with Crippen LogP contribution in [0.4, 0.5) is 5.82 Å². The molecule has 2 aromatic heterocycles. The molecule has 0 bridgehead atoms. The average molecular weight is 337 g/mol. The summed E-state index contributed by atoms with van der Waals surface area (Å²) in [4.78, 5) is 4.76. The van der Waals surface area contributed by atoms with Crippen molar-refractivity contribution in [2.75, 3.05) is 5.73 Å². The van der Waals surface area contributed by atoms with Crippen LogP contribution < -0.4 is 5.73 Å². The zero-order valence-corrected chi connectivity index (χ0v) is 13.9. The third kappa shape index (κ3) is 2.14. The lowest BCUT2D eigenvalue weighted by Crippen LogP contribution is -2.05. The van der Waals surface area contributed by atoms with Gasteiger partial charge in [0.2, 0.25) is 0 Å². The number of nitrogens with two attached hydrogens (primary N) is 1. The number of para-hydroxylation sites is 2. The van der Waals surface area contributed by atoms with Gasteiger partial charge in [-0.25, -0.2) is 4.98 Å². The van der Waals surface area contributed by atoms with E-state index in [-0.39, 0.29) is 0 Å². The van der Waals surface area contributed by atoms with Gasteiger partial charge in [-0.3, -0.25) is 0 Å². The molecule has 0 aliphatic heterocycles. The van der Waals surface area contributed by atoms with Crippen LogP contribution in [0.25, 0.3) is 38.8 Å². The monoisotopic (exact) mass is 337 g/mol. The summed E-state index contributed by atoms with van der Waals surface area (Å²) in [6.07, 6.45) is 0. The molecular weight excluding hydrogens is 322 g/mol. The number of hydrogen-bond acceptors (Lipinski definition) is 4. The molecule has 2 heterocycles. The van der Waals surface area contributed by atoms with Crippen LogP contribution in [0.2, 0.25) is 0 Å². The highest BCUT2D eigenvalue weighted by atomic mass is 15.5. The van der Waals surface area contributed by atoms with Crippen molar-refractivity contribution in [1.29, 1.82) is 0 Å². The van der Waals surface area contributed by atoms with Crippen molar-refractivity contribution in [3.63, 3.8) is 0 Å². The molecule has 0 saturated carbocycles. The Morgan fingerprint density at radius 2 is 1.27 bits per heavy atom. The molecule has 3 aromatic carbocycles. The van der Waals surface area contributed by atoms with E-state index in [9.17, 15) is 0 Å². The van der Waals surface area contributed by atoms with E-state index in [0.29, 0.717) is 11.5 Å². The van der Waals surface area contributed by atoms with Gasteiger partial charge in [0.1, 0.15) is 5.69 Å². The number of pyridine rings is 1. The smallest absolute Gasteiger partial charge is 0.155 e. The first-order valence-corrected chi connectivity index (χ1v) is 8.37. The number of benzene rings is 3. The Kier molecular flexibility index (Phi) is 3.18. The predicted octanol–water partition coefficient (Wildman–Crippen LogP) is 4.22. The van der Waals surface area contributed by atoms with Gasteiger partial charge in [0, 0.05) is 16.3 Å². The van der Waals surface area contributed by atoms with Crippen LogP contribution in [0.15, 0.2) is 78.9 Å². The van der Waals surface area contributed by atoms with Crippen LogP contribution in [0.3, 0.4) is 0 Å². The maximum atomic E-state index is 6.47. The van der Waals surface area contributed by atoms with E-state index in [4.69, 9.17) is 10.7 Å². The molecule has 0 aliphatic carbocycles. The number of nitrogens with zero attached hydrogens (tertiary/aromatic N) is 4. The Morgan fingerprint density at radius 3 is 1.92 bits per heavy atom. The summed E-state index contributed by atoms with van der Waals surface area (Å²) in [6, 6.07) is 25.9. The highest BCUT2D eigenvalue weighted by molar-refractivity contribution is 6.03. The van der Waals surface area contributed by atoms with E-state index in [0.717, 1.165) is 33.1 Å². The van der Waals surface area contributed by atoms with Crippen molar-refractivity contribution >= 4 is 27.6 Å². The highest BCUT2D eigenvalue weighted by Crippen LogP contribution is 2.32. The van der Waals surface area contributed by atoms with E-state index in [1.54, 1.807) is 4.68 Å². The number of aromatic nitrogens is 4. The van der Waals surface area contributed by atoms with Crippen molar-refractivity contribution in [3.8, 4) is 16.9 Å². The minimum atomic E-state index is 0.512.